The van der Waals surface area contributed by atoms with Gasteiger partial charge in [0.25, 0.3) is 5.78 Å². The molecule has 1 unspecified atom stereocenters. The number of halogens is 1. The predicted octanol–water partition coefficient (Wildman–Crippen LogP) is 4.57. The number of aromatic nitrogens is 1. The van der Waals surface area contributed by atoms with E-state index in [0.29, 0.717) is 21.9 Å². The molecule has 1 amide bonds. The zero-order valence-electron chi connectivity index (χ0n) is 15.7. The van der Waals surface area contributed by atoms with Crippen LogP contribution in [0.15, 0.2) is 64.7 Å². The lowest BCUT2D eigenvalue weighted by Crippen LogP contribution is -2.29. The third-order valence-corrected chi connectivity index (χ3v) is 5.07. The van der Waals surface area contributed by atoms with Crippen molar-refractivity contribution in [3.63, 3.8) is 0 Å². The van der Waals surface area contributed by atoms with Crippen molar-refractivity contribution in [3.8, 4) is 0 Å². The quantitative estimate of drug-likeness (QED) is 0.390. The van der Waals surface area contributed by atoms with Crippen LogP contribution in [-0.2, 0) is 9.59 Å². The van der Waals surface area contributed by atoms with Gasteiger partial charge in [-0.05, 0) is 31.5 Å². The number of nitrogens with zero attached hydrogens (tertiary/aromatic N) is 2. The molecule has 2 heterocycles. The van der Waals surface area contributed by atoms with Gasteiger partial charge in [0.2, 0.25) is 0 Å². The minimum absolute atomic E-state index is 0.0122. The van der Waals surface area contributed by atoms with Gasteiger partial charge in [-0.15, -0.1) is 0 Å². The minimum Gasteiger partial charge on any atom is -0.507 e. The number of hydrogen-bond acceptors (Lipinski definition) is 5. The summed E-state index contributed by atoms with van der Waals surface area (Å²) in [5.74, 6) is -1.12. The van der Waals surface area contributed by atoms with E-state index in [2.05, 4.69) is 5.16 Å². The number of ketones is 1. The van der Waals surface area contributed by atoms with Crippen molar-refractivity contribution in [2.75, 3.05) is 4.90 Å². The molecule has 3 aromatic rings. The van der Waals surface area contributed by atoms with Crippen LogP contribution in [0.3, 0.4) is 0 Å². The van der Waals surface area contributed by atoms with Crippen LogP contribution in [-0.4, -0.2) is 22.0 Å². The molecule has 1 aliphatic rings. The summed E-state index contributed by atoms with van der Waals surface area (Å²) in [6, 6.07) is 14.5. The highest BCUT2D eigenvalue weighted by molar-refractivity contribution is 6.51. The van der Waals surface area contributed by atoms with E-state index >= 15 is 0 Å². The summed E-state index contributed by atoms with van der Waals surface area (Å²) < 4.78 is 5.10. The van der Waals surface area contributed by atoms with E-state index in [-0.39, 0.29) is 17.2 Å². The van der Waals surface area contributed by atoms with E-state index in [1.54, 1.807) is 49.4 Å². The van der Waals surface area contributed by atoms with Crippen molar-refractivity contribution in [2.24, 2.45) is 0 Å². The zero-order chi connectivity index (χ0) is 20.7. The number of rotatable bonds is 3. The van der Waals surface area contributed by atoms with Gasteiger partial charge in [-0.1, -0.05) is 58.7 Å². The van der Waals surface area contributed by atoms with Gasteiger partial charge in [-0.25, -0.2) is 0 Å². The Bertz CT molecular complexity index is 1130. The first kappa shape index (κ1) is 19.0. The fraction of sp³-hybridized carbons (Fsp3) is 0.136. The maximum atomic E-state index is 12.9. The van der Waals surface area contributed by atoms with Crippen molar-refractivity contribution < 1.29 is 19.2 Å². The van der Waals surface area contributed by atoms with Crippen LogP contribution in [0.2, 0.25) is 5.02 Å². The number of amides is 1. The molecule has 7 heteroatoms. The van der Waals surface area contributed by atoms with Crippen molar-refractivity contribution in [1.29, 1.82) is 0 Å². The molecule has 0 aliphatic carbocycles. The summed E-state index contributed by atoms with van der Waals surface area (Å²) in [6.45, 7) is 3.61. The van der Waals surface area contributed by atoms with Gasteiger partial charge in [0.15, 0.2) is 5.82 Å². The Morgan fingerprint density at radius 2 is 1.72 bits per heavy atom. The Morgan fingerprint density at radius 1 is 1.07 bits per heavy atom. The second-order valence-electron chi connectivity index (χ2n) is 6.88. The Morgan fingerprint density at radius 3 is 2.31 bits per heavy atom. The van der Waals surface area contributed by atoms with E-state index in [4.69, 9.17) is 16.1 Å². The molecule has 1 N–H and O–H groups in total. The van der Waals surface area contributed by atoms with Crippen molar-refractivity contribution in [2.45, 2.75) is 19.9 Å². The Labute approximate surface area is 172 Å². The highest BCUT2D eigenvalue weighted by atomic mass is 35.5. The number of Topliss-reactive ketones (excluding diaryl/α,β-unsaturated/α-hetero) is 1. The minimum atomic E-state index is -0.863. The molecular weight excluding hydrogens is 392 g/mol. The molecule has 29 heavy (non-hydrogen) atoms. The smallest absolute Gasteiger partial charge is 0.301 e. The fourth-order valence-electron chi connectivity index (χ4n) is 3.36. The van der Waals surface area contributed by atoms with E-state index < -0.39 is 17.7 Å². The monoisotopic (exact) mass is 408 g/mol. The Balaban J connectivity index is 1.93. The molecule has 146 valence electrons. The van der Waals surface area contributed by atoms with Gasteiger partial charge >= 0.3 is 5.91 Å². The lowest BCUT2D eigenvalue weighted by molar-refractivity contribution is -0.132. The second kappa shape index (κ2) is 7.22. The summed E-state index contributed by atoms with van der Waals surface area (Å²) in [6.07, 6.45) is 0. The number of hydrogen-bond donors (Lipinski definition) is 1. The average molecular weight is 409 g/mol. The van der Waals surface area contributed by atoms with Crippen LogP contribution in [0.5, 0.6) is 0 Å². The van der Waals surface area contributed by atoms with Gasteiger partial charge in [0.1, 0.15) is 11.5 Å². The lowest BCUT2D eigenvalue weighted by atomic mass is 9.95. The standard InChI is InChI=1S/C22H17ClN2O4/c1-12-3-5-15(6-4-12)20(26)18-19(14-7-9-16(23)10-8-14)25(22(28)21(18)27)17-11-13(2)29-24-17/h3-11,19,26H,1-2H3/b20-18-. The first-order valence-corrected chi connectivity index (χ1v) is 9.31. The fourth-order valence-corrected chi connectivity index (χ4v) is 3.49. The Kier molecular flexibility index (Phi) is 4.72. The number of carbonyl (C=O) groups excluding carboxylic acids is 2. The van der Waals surface area contributed by atoms with Gasteiger partial charge in [0.05, 0.1) is 11.6 Å². The van der Waals surface area contributed by atoms with Crippen molar-refractivity contribution >= 4 is 34.9 Å². The SMILES string of the molecule is Cc1ccc(/C(O)=C2/C(=O)C(=O)N(c3cc(C)on3)C2c2ccc(Cl)cc2)cc1. The Hall–Kier alpha value is -3.38. The van der Waals surface area contributed by atoms with E-state index in [9.17, 15) is 14.7 Å². The number of benzene rings is 2. The van der Waals surface area contributed by atoms with E-state index in [0.717, 1.165) is 5.56 Å². The molecule has 1 aromatic heterocycles. The van der Waals surface area contributed by atoms with Gasteiger partial charge in [-0.2, -0.15) is 0 Å². The summed E-state index contributed by atoms with van der Waals surface area (Å²) in [5.41, 5.74) is 2.06. The van der Waals surface area contributed by atoms with E-state index in [1.807, 2.05) is 19.1 Å². The molecule has 1 atom stereocenters. The highest BCUT2D eigenvalue weighted by Gasteiger charge is 2.48. The van der Waals surface area contributed by atoms with Gasteiger partial charge in [0, 0.05) is 16.7 Å². The predicted molar refractivity (Wildman–Crippen MR) is 109 cm³/mol. The van der Waals surface area contributed by atoms with Crippen LogP contribution >= 0.6 is 11.6 Å². The van der Waals surface area contributed by atoms with Crippen LogP contribution in [0.1, 0.15) is 28.5 Å². The molecular formula is C22H17ClN2O4. The number of aryl methyl sites for hydroxylation is 2. The number of aliphatic hydroxyl groups excluding tert-OH is 1. The van der Waals surface area contributed by atoms with Gasteiger partial charge in [-0.3, -0.25) is 14.5 Å². The average Bonchev–Trinajstić information content (AvgIpc) is 3.24. The summed E-state index contributed by atoms with van der Waals surface area (Å²) in [5, 5.41) is 15.4. The van der Waals surface area contributed by atoms with Crippen LogP contribution in [0.4, 0.5) is 5.82 Å². The summed E-state index contributed by atoms with van der Waals surface area (Å²) >= 11 is 6.01. The molecule has 0 spiro atoms. The molecule has 6 nitrogen and oxygen atoms in total. The van der Waals surface area contributed by atoms with Crippen molar-refractivity contribution in [1.82, 2.24) is 5.16 Å². The first-order chi connectivity index (χ1) is 13.9. The molecule has 1 aliphatic heterocycles. The molecule has 0 saturated carbocycles. The number of carbonyl (C=O) groups is 2. The maximum Gasteiger partial charge on any atom is 0.301 e. The molecule has 1 fully saturated rings. The number of aliphatic hydroxyl groups is 1. The van der Waals surface area contributed by atoms with Crippen LogP contribution in [0.25, 0.3) is 5.76 Å². The largest absolute Gasteiger partial charge is 0.507 e. The van der Waals surface area contributed by atoms with Gasteiger partial charge < -0.3 is 9.63 Å². The second-order valence-corrected chi connectivity index (χ2v) is 7.32. The topological polar surface area (TPSA) is 83.6 Å². The lowest BCUT2D eigenvalue weighted by Gasteiger charge is -2.22. The molecule has 2 aromatic carbocycles. The summed E-state index contributed by atoms with van der Waals surface area (Å²) in [7, 11) is 0. The molecule has 0 radical (unpaired) electrons. The third-order valence-electron chi connectivity index (χ3n) is 4.82. The number of anilines is 1. The molecule has 1 saturated heterocycles. The zero-order valence-corrected chi connectivity index (χ0v) is 16.5. The van der Waals surface area contributed by atoms with Crippen molar-refractivity contribution in [3.05, 3.63) is 87.6 Å². The van der Waals surface area contributed by atoms with Crippen LogP contribution in [0, 0.1) is 13.8 Å². The van der Waals surface area contributed by atoms with Crippen LogP contribution < -0.4 is 4.90 Å². The van der Waals surface area contributed by atoms with E-state index in [1.165, 1.54) is 4.90 Å². The first-order valence-electron chi connectivity index (χ1n) is 8.93. The molecule has 4 rings (SSSR count). The maximum absolute atomic E-state index is 12.9. The third kappa shape index (κ3) is 3.32. The normalized spacial score (nSPS) is 18.4. The summed E-state index contributed by atoms with van der Waals surface area (Å²) in [4.78, 5) is 27.1. The highest BCUT2D eigenvalue weighted by Crippen LogP contribution is 2.42. The molecule has 0 bridgehead atoms.